The lowest BCUT2D eigenvalue weighted by atomic mass is 10.1. The fraction of sp³-hybridized carbons (Fsp3) is 0.929. The molecule has 1 N–H and O–H groups in total. The summed E-state index contributed by atoms with van der Waals surface area (Å²) in [4.78, 5) is 16.8. The van der Waals surface area contributed by atoms with Gasteiger partial charge in [-0.15, -0.1) is 0 Å². The molecule has 0 aromatic heterocycles. The van der Waals surface area contributed by atoms with E-state index >= 15 is 0 Å². The minimum atomic E-state index is 0.271. The van der Waals surface area contributed by atoms with Gasteiger partial charge in [0.15, 0.2) is 0 Å². The summed E-state index contributed by atoms with van der Waals surface area (Å²) in [5.41, 5.74) is 0. The maximum Gasteiger partial charge on any atom is 0.320 e. The number of urea groups is 1. The molecule has 1 atom stereocenters. The van der Waals surface area contributed by atoms with Gasteiger partial charge in [0.1, 0.15) is 0 Å². The Bertz CT molecular complexity index is 256. The van der Waals surface area contributed by atoms with Crippen molar-refractivity contribution < 1.29 is 4.79 Å². The third kappa shape index (κ3) is 3.37. The van der Waals surface area contributed by atoms with Crippen molar-refractivity contribution in [1.29, 1.82) is 0 Å². The largest absolute Gasteiger partial charge is 0.325 e. The van der Waals surface area contributed by atoms with E-state index in [-0.39, 0.29) is 6.03 Å². The summed E-state index contributed by atoms with van der Waals surface area (Å²) >= 11 is 0. The van der Waals surface area contributed by atoms with Crippen LogP contribution in [0.2, 0.25) is 0 Å². The number of carbonyl (C=O) groups excluding carboxylic acids is 1. The number of rotatable bonds is 2. The SMILES string of the molecule is CCN(C(=O)N1CCCCCC1)C1CCCNC1. The summed E-state index contributed by atoms with van der Waals surface area (Å²) in [6.45, 7) is 6.91. The van der Waals surface area contributed by atoms with Gasteiger partial charge in [-0.1, -0.05) is 12.8 Å². The first-order chi connectivity index (χ1) is 8.83. The van der Waals surface area contributed by atoms with Gasteiger partial charge in [0.2, 0.25) is 0 Å². The lowest BCUT2D eigenvalue weighted by Crippen LogP contribution is -2.53. The number of amides is 2. The van der Waals surface area contributed by atoms with Crippen LogP contribution >= 0.6 is 0 Å². The molecule has 4 heteroatoms. The Morgan fingerprint density at radius 1 is 1.22 bits per heavy atom. The van der Waals surface area contributed by atoms with E-state index in [1.165, 1.54) is 32.1 Å². The van der Waals surface area contributed by atoms with E-state index in [0.717, 1.165) is 39.1 Å². The van der Waals surface area contributed by atoms with E-state index in [1.807, 2.05) is 0 Å². The van der Waals surface area contributed by atoms with Crippen LogP contribution in [0.1, 0.15) is 45.4 Å². The number of hydrogen-bond donors (Lipinski definition) is 1. The predicted octanol–water partition coefficient (Wildman–Crippen LogP) is 2.06. The Morgan fingerprint density at radius 2 is 1.94 bits per heavy atom. The highest BCUT2D eigenvalue weighted by Gasteiger charge is 2.27. The third-order valence-electron chi connectivity index (χ3n) is 4.17. The summed E-state index contributed by atoms with van der Waals surface area (Å²) in [7, 11) is 0. The Labute approximate surface area is 111 Å². The average molecular weight is 253 g/mol. The number of nitrogens with zero attached hydrogens (tertiary/aromatic N) is 2. The van der Waals surface area contributed by atoms with Gasteiger partial charge in [-0.25, -0.2) is 4.79 Å². The Balaban J connectivity index is 1.94. The van der Waals surface area contributed by atoms with Gasteiger partial charge >= 0.3 is 6.03 Å². The molecule has 104 valence electrons. The summed E-state index contributed by atoms with van der Waals surface area (Å²) in [6, 6.07) is 0.674. The maximum absolute atomic E-state index is 12.6. The lowest BCUT2D eigenvalue weighted by molar-refractivity contribution is 0.128. The minimum Gasteiger partial charge on any atom is -0.325 e. The highest BCUT2D eigenvalue weighted by Crippen LogP contribution is 2.16. The summed E-state index contributed by atoms with van der Waals surface area (Å²) < 4.78 is 0. The molecule has 0 aromatic carbocycles. The highest BCUT2D eigenvalue weighted by molar-refractivity contribution is 5.74. The molecule has 0 bridgehead atoms. The number of nitrogens with one attached hydrogen (secondary N) is 1. The van der Waals surface area contributed by atoms with Gasteiger partial charge in [-0.3, -0.25) is 0 Å². The van der Waals surface area contributed by atoms with Gasteiger partial charge in [0, 0.05) is 32.2 Å². The molecule has 2 fully saturated rings. The van der Waals surface area contributed by atoms with Crippen molar-refractivity contribution in [1.82, 2.24) is 15.1 Å². The van der Waals surface area contributed by atoms with Gasteiger partial charge < -0.3 is 15.1 Å². The number of likely N-dealkylation sites (tertiary alicyclic amines) is 1. The van der Waals surface area contributed by atoms with Crippen LogP contribution in [0.5, 0.6) is 0 Å². The van der Waals surface area contributed by atoms with Crippen molar-refractivity contribution in [3.05, 3.63) is 0 Å². The predicted molar refractivity (Wildman–Crippen MR) is 73.7 cm³/mol. The van der Waals surface area contributed by atoms with Crippen molar-refractivity contribution in [2.24, 2.45) is 0 Å². The summed E-state index contributed by atoms with van der Waals surface area (Å²) in [5, 5.41) is 3.41. The monoisotopic (exact) mass is 253 g/mol. The minimum absolute atomic E-state index is 0.271. The first kappa shape index (κ1) is 13.7. The normalized spacial score (nSPS) is 25.6. The molecule has 2 aliphatic rings. The van der Waals surface area contributed by atoms with E-state index in [2.05, 4.69) is 22.0 Å². The second-order valence-electron chi connectivity index (χ2n) is 5.47. The van der Waals surface area contributed by atoms with Crippen LogP contribution in [0.4, 0.5) is 4.79 Å². The van der Waals surface area contributed by atoms with Crippen molar-refractivity contribution in [3.63, 3.8) is 0 Å². The Morgan fingerprint density at radius 3 is 2.50 bits per heavy atom. The molecule has 2 saturated heterocycles. The van der Waals surface area contributed by atoms with E-state index in [1.54, 1.807) is 0 Å². The van der Waals surface area contributed by atoms with Crippen LogP contribution in [0, 0.1) is 0 Å². The molecule has 0 saturated carbocycles. The topological polar surface area (TPSA) is 35.6 Å². The van der Waals surface area contributed by atoms with E-state index < -0.39 is 0 Å². The molecule has 0 aromatic rings. The average Bonchev–Trinajstić information content (AvgIpc) is 2.69. The Hall–Kier alpha value is -0.770. The van der Waals surface area contributed by atoms with Crippen molar-refractivity contribution >= 4 is 6.03 Å². The van der Waals surface area contributed by atoms with Crippen LogP contribution in [0.25, 0.3) is 0 Å². The zero-order chi connectivity index (χ0) is 12.8. The van der Waals surface area contributed by atoms with Crippen LogP contribution in [0.3, 0.4) is 0 Å². The van der Waals surface area contributed by atoms with E-state index in [9.17, 15) is 4.79 Å². The van der Waals surface area contributed by atoms with E-state index in [4.69, 9.17) is 0 Å². The number of piperidine rings is 1. The lowest BCUT2D eigenvalue weighted by Gasteiger charge is -2.37. The van der Waals surface area contributed by atoms with Gasteiger partial charge in [0.05, 0.1) is 0 Å². The molecule has 0 aliphatic carbocycles. The number of carbonyl (C=O) groups is 1. The zero-order valence-electron chi connectivity index (χ0n) is 11.7. The second kappa shape index (κ2) is 6.98. The molecular weight excluding hydrogens is 226 g/mol. The Kier molecular flexibility index (Phi) is 5.29. The van der Waals surface area contributed by atoms with Crippen molar-refractivity contribution in [2.75, 3.05) is 32.7 Å². The number of likely N-dealkylation sites (N-methyl/N-ethyl adjacent to an activating group) is 1. The third-order valence-corrected chi connectivity index (χ3v) is 4.17. The smallest absolute Gasteiger partial charge is 0.320 e. The molecule has 2 rings (SSSR count). The molecule has 18 heavy (non-hydrogen) atoms. The molecule has 2 amide bonds. The second-order valence-corrected chi connectivity index (χ2v) is 5.47. The van der Waals surface area contributed by atoms with Crippen molar-refractivity contribution in [3.8, 4) is 0 Å². The van der Waals surface area contributed by atoms with Crippen LogP contribution in [-0.4, -0.2) is 54.6 Å². The number of hydrogen-bond acceptors (Lipinski definition) is 2. The van der Waals surface area contributed by atoms with Crippen molar-refractivity contribution in [2.45, 2.75) is 51.5 Å². The zero-order valence-corrected chi connectivity index (χ0v) is 11.7. The first-order valence-corrected chi connectivity index (χ1v) is 7.59. The molecule has 2 heterocycles. The summed E-state index contributed by atoms with van der Waals surface area (Å²) in [5.74, 6) is 0. The quantitative estimate of drug-likeness (QED) is 0.817. The van der Waals surface area contributed by atoms with Gasteiger partial charge in [-0.2, -0.15) is 0 Å². The molecule has 4 nitrogen and oxygen atoms in total. The molecule has 2 aliphatic heterocycles. The molecule has 1 unspecified atom stereocenters. The van der Waals surface area contributed by atoms with E-state index in [0.29, 0.717) is 6.04 Å². The van der Waals surface area contributed by atoms with Crippen LogP contribution in [0.15, 0.2) is 0 Å². The van der Waals surface area contributed by atoms with Crippen LogP contribution < -0.4 is 5.32 Å². The first-order valence-electron chi connectivity index (χ1n) is 7.59. The fourth-order valence-corrected chi connectivity index (χ4v) is 3.09. The maximum atomic E-state index is 12.6. The van der Waals surface area contributed by atoms with Gasteiger partial charge in [0.25, 0.3) is 0 Å². The molecular formula is C14H27N3O. The summed E-state index contributed by atoms with van der Waals surface area (Å²) in [6.07, 6.45) is 7.25. The fourth-order valence-electron chi connectivity index (χ4n) is 3.09. The van der Waals surface area contributed by atoms with Gasteiger partial charge in [-0.05, 0) is 39.2 Å². The highest BCUT2D eigenvalue weighted by atomic mass is 16.2. The van der Waals surface area contributed by atoms with Crippen LogP contribution in [-0.2, 0) is 0 Å². The molecule has 0 spiro atoms. The molecule has 0 radical (unpaired) electrons. The standard InChI is InChI=1S/C14H27N3O/c1-2-17(13-8-7-9-15-12-13)14(18)16-10-5-3-4-6-11-16/h13,15H,2-12H2,1H3.